The number of nitrogens with one attached hydrogen (secondary N) is 2. The smallest absolute Gasteiger partial charge is 0.413 e. The Balaban J connectivity index is 1.49. The first-order valence-corrected chi connectivity index (χ1v) is 11.4. The molecule has 4 rings (SSSR count). The Labute approximate surface area is 209 Å². The van der Waals surface area contributed by atoms with Crippen LogP contribution in [0.5, 0.6) is 5.75 Å². The maximum Gasteiger partial charge on any atom is 0.413 e. The third-order valence-electron chi connectivity index (χ3n) is 5.78. The number of ether oxygens (including phenoxy) is 1. The molecule has 0 saturated carbocycles. The van der Waals surface area contributed by atoms with Crippen LogP contribution in [-0.2, 0) is 0 Å². The van der Waals surface area contributed by atoms with Crippen LogP contribution in [0.2, 0.25) is 0 Å². The lowest BCUT2D eigenvalue weighted by Gasteiger charge is -2.35. The van der Waals surface area contributed by atoms with Crippen molar-refractivity contribution in [1.82, 2.24) is 20.2 Å². The summed E-state index contributed by atoms with van der Waals surface area (Å²) in [4.78, 5) is 20.5. The molecule has 1 aliphatic rings. The number of carbonyl (C=O) groups is 1. The number of hydrazone groups is 1. The van der Waals surface area contributed by atoms with Gasteiger partial charge in [0.15, 0.2) is 17.6 Å². The van der Waals surface area contributed by atoms with Gasteiger partial charge < -0.3 is 15.2 Å². The number of alkyl halides is 3. The van der Waals surface area contributed by atoms with Crippen LogP contribution in [0.15, 0.2) is 47.7 Å². The normalized spacial score (nSPS) is 16.7. The number of anilines is 1. The van der Waals surface area contributed by atoms with Crippen molar-refractivity contribution in [3.8, 4) is 5.75 Å². The zero-order chi connectivity index (χ0) is 26.6. The summed E-state index contributed by atoms with van der Waals surface area (Å²) in [6.45, 7) is 2.63. The molecule has 0 radical (unpaired) electrons. The van der Waals surface area contributed by atoms with Crippen molar-refractivity contribution in [2.75, 3.05) is 25.1 Å². The van der Waals surface area contributed by atoms with Gasteiger partial charge in [0.1, 0.15) is 5.82 Å². The van der Waals surface area contributed by atoms with E-state index in [9.17, 15) is 27.5 Å². The van der Waals surface area contributed by atoms with Gasteiger partial charge in [0.2, 0.25) is 0 Å². The summed E-state index contributed by atoms with van der Waals surface area (Å²) in [5, 5.41) is 17.0. The van der Waals surface area contributed by atoms with E-state index in [0.717, 1.165) is 6.20 Å². The van der Waals surface area contributed by atoms with E-state index in [1.165, 1.54) is 30.5 Å². The van der Waals surface area contributed by atoms with E-state index in [2.05, 4.69) is 25.8 Å². The van der Waals surface area contributed by atoms with Crippen molar-refractivity contribution in [3.05, 3.63) is 59.7 Å². The number of benzene rings is 1. The van der Waals surface area contributed by atoms with Gasteiger partial charge in [-0.1, -0.05) is 12.1 Å². The monoisotopic (exact) mass is 520 g/mol. The van der Waals surface area contributed by atoms with Gasteiger partial charge in [-0.15, -0.1) is 0 Å². The predicted molar refractivity (Wildman–Crippen MR) is 128 cm³/mol. The van der Waals surface area contributed by atoms with Crippen LogP contribution >= 0.6 is 0 Å². The quantitative estimate of drug-likeness (QED) is 0.227. The van der Waals surface area contributed by atoms with E-state index in [4.69, 9.17) is 4.74 Å². The van der Waals surface area contributed by atoms with Crippen LogP contribution in [0.1, 0.15) is 30.6 Å². The number of halogens is 4. The Morgan fingerprint density at radius 1 is 1.35 bits per heavy atom. The van der Waals surface area contributed by atoms with Crippen LogP contribution in [0.4, 0.5) is 28.2 Å². The van der Waals surface area contributed by atoms with Crippen LogP contribution in [0, 0.1) is 5.82 Å². The standard InChI is InChI=1S/C24H24F4N6O3/c1-2-37-20-10-19-14(9-18(20)25)3-5-16(32-19)12-31-33-21-6-4-15(11-30-21)22(24(26,27)28)34(23(35)36)17-7-8-29-13-17/h3-6,9-12,17,22,29H,2,7-8,13H2,1H3,(H,30,33)(H,35,36)/b31-12+/t17?,22-/m1/s1. The molecule has 1 aliphatic heterocycles. The highest BCUT2D eigenvalue weighted by atomic mass is 19.4. The maximum atomic E-state index is 14.0. The molecule has 1 unspecified atom stereocenters. The summed E-state index contributed by atoms with van der Waals surface area (Å²) in [5.41, 5.74) is 3.24. The molecule has 13 heteroatoms. The second-order valence-electron chi connectivity index (χ2n) is 8.27. The van der Waals surface area contributed by atoms with E-state index in [1.54, 1.807) is 19.1 Å². The van der Waals surface area contributed by atoms with E-state index in [-0.39, 0.29) is 30.1 Å². The zero-order valence-electron chi connectivity index (χ0n) is 19.7. The zero-order valence-corrected chi connectivity index (χ0v) is 19.7. The van der Waals surface area contributed by atoms with Gasteiger partial charge in [-0.05, 0) is 38.1 Å². The van der Waals surface area contributed by atoms with Gasteiger partial charge >= 0.3 is 12.3 Å². The van der Waals surface area contributed by atoms with Gasteiger partial charge in [-0.2, -0.15) is 18.3 Å². The first-order chi connectivity index (χ1) is 17.7. The van der Waals surface area contributed by atoms with Crippen molar-refractivity contribution in [2.45, 2.75) is 31.6 Å². The van der Waals surface area contributed by atoms with Crippen molar-refractivity contribution in [2.24, 2.45) is 5.10 Å². The summed E-state index contributed by atoms with van der Waals surface area (Å²) >= 11 is 0. The Kier molecular flexibility index (Phi) is 7.71. The highest BCUT2D eigenvalue weighted by Gasteiger charge is 2.49. The molecule has 2 aromatic heterocycles. The number of amides is 1. The fraction of sp³-hybridized carbons (Fsp3) is 0.333. The van der Waals surface area contributed by atoms with Gasteiger partial charge in [0.25, 0.3) is 0 Å². The molecule has 3 heterocycles. The van der Waals surface area contributed by atoms with Crippen LogP contribution in [0.25, 0.3) is 10.9 Å². The molecule has 3 aromatic rings. The molecule has 1 fully saturated rings. The van der Waals surface area contributed by atoms with Gasteiger partial charge in [0.05, 0.1) is 24.0 Å². The molecular formula is C24H24F4N6O3. The van der Waals surface area contributed by atoms with E-state index >= 15 is 0 Å². The molecule has 0 aliphatic carbocycles. The number of pyridine rings is 2. The lowest BCUT2D eigenvalue weighted by atomic mass is 10.0. The van der Waals surface area contributed by atoms with E-state index < -0.39 is 30.2 Å². The Bertz CT molecular complexity index is 1280. The van der Waals surface area contributed by atoms with Crippen LogP contribution < -0.4 is 15.5 Å². The average Bonchev–Trinajstić information content (AvgIpc) is 3.37. The number of nitrogens with zero attached hydrogens (tertiary/aromatic N) is 4. The van der Waals surface area contributed by atoms with Gasteiger partial charge in [0, 0.05) is 35.8 Å². The molecule has 3 N–H and O–H groups in total. The first kappa shape index (κ1) is 26.1. The first-order valence-electron chi connectivity index (χ1n) is 11.4. The number of hydrogen-bond donors (Lipinski definition) is 3. The maximum absolute atomic E-state index is 14.0. The summed E-state index contributed by atoms with van der Waals surface area (Å²) in [6.07, 6.45) is -3.85. The minimum absolute atomic E-state index is 0.0850. The molecule has 1 amide bonds. The van der Waals surface area contributed by atoms with E-state index in [0.29, 0.717) is 34.6 Å². The molecule has 0 spiro atoms. The predicted octanol–water partition coefficient (Wildman–Crippen LogP) is 4.56. The van der Waals surface area contributed by atoms with Crippen molar-refractivity contribution in [3.63, 3.8) is 0 Å². The molecule has 37 heavy (non-hydrogen) atoms. The van der Waals surface area contributed by atoms with Crippen molar-refractivity contribution in [1.29, 1.82) is 0 Å². The molecular weight excluding hydrogens is 496 g/mol. The lowest BCUT2D eigenvalue weighted by molar-refractivity contribution is -0.185. The third-order valence-corrected chi connectivity index (χ3v) is 5.78. The second kappa shape index (κ2) is 10.9. The van der Waals surface area contributed by atoms with Crippen molar-refractivity contribution >= 4 is 29.0 Å². The fourth-order valence-electron chi connectivity index (χ4n) is 4.14. The van der Waals surface area contributed by atoms with Gasteiger partial charge in [-0.25, -0.2) is 19.2 Å². The number of fused-ring (bicyclic) bond motifs is 1. The second-order valence-corrected chi connectivity index (χ2v) is 8.27. The summed E-state index contributed by atoms with van der Waals surface area (Å²) < 4.78 is 61.1. The van der Waals surface area contributed by atoms with Crippen LogP contribution in [-0.4, -0.2) is 64.2 Å². The third kappa shape index (κ3) is 6.05. The summed E-state index contributed by atoms with van der Waals surface area (Å²) in [6, 6.07) is 5.38. The SMILES string of the molecule is CCOc1cc2nc(/C=N/Nc3ccc([C@@H](N(C(=O)O)C4CCNC4)C(F)(F)F)cn3)ccc2cc1F. The molecule has 196 valence electrons. The van der Waals surface area contributed by atoms with Crippen LogP contribution in [0.3, 0.4) is 0 Å². The molecule has 1 aromatic carbocycles. The number of aromatic nitrogens is 2. The number of rotatable bonds is 8. The van der Waals surface area contributed by atoms with Gasteiger partial charge in [-0.3, -0.25) is 10.3 Å². The van der Waals surface area contributed by atoms with Crippen molar-refractivity contribution < 1.29 is 32.2 Å². The summed E-state index contributed by atoms with van der Waals surface area (Å²) in [5.74, 6) is -0.262. The number of carboxylic acid groups (broad SMARTS) is 1. The average molecular weight is 520 g/mol. The highest BCUT2D eigenvalue weighted by molar-refractivity contribution is 5.86. The molecule has 9 nitrogen and oxygen atoms in total. The van der Waals surface area contributed by atoms with E-state index in [1.807, 2.05) is 0 Å². The molecule has 0 bridgehead atoms. The Hall–Kier alpha value is -4.00. The Morgan fingerprint density at radius 3 is 2.78 bits per heavy atom. The number of hydrogen-bond acceptors (Lipinski definition) is 7. The minimum Gasteiger partial charge on any atom is -0.491 e. The minimum atomic E-state index is -4.83. The lowest BCUT2D eigenvalue weighted by Crippen LogP contribution is -2.48. The molecule has 1 saturated heterocycles. The fourth-order valence-corrected chi connectivity index (χ4v) is 4.14. The topological polar surface area (TPSA) is 112 Å². The Morgan fingerprint density at radius 2 is 2.16 bits per heavy atom. The largest absolute Gasteiger partial charge is 0.491 e. The highest BCUT2D eigenvalue weighted by Crippen LogP contribution is 2.39. The molecule has 2 atom stereocenters. The summed E-state index contributed by atoms with van der Waals surface area (Å²) in [7, 11) is 0.